The lowest BCUT2D eigenvalue weighted by molar-refractivity contribution is -0.384. The van der Waals surface area contributed by atoms with Gasteiger partial charge in [-0.05, 0) is 30.7 Å². The summed E-state index contributed by atoms with van der Waals surface area (Å²) in [5.41, 5.74) is -0.0781. The van der Waals surface area contributed by atoms with Crippen LogP contribution in [0.15, 0.2) is 30.4 Å². The number of nitro benzene ring substituents is 1. The average molecular weight is 333 g/mol. The van der Waals surface area contributed by atoms with E-state index in [-0.39, 0.29) is 51.9 Å². The number of anilines is 1. The number of non-ortho nitro benzene ring substituents is 1. The van der Waals surface area contributed by atoms with Crippen LogP contribution in [-0.2, 0) is 9.59 Å². The smallest absolute Gasteiger partial charge is 0.271 e. The molecular formula is C16H13ClN2O4. The average Bonchev–Trinajstić information content (AvgIpc) is 2.83. The predicted molar refractivity (Wildman–Crippen MR) is 82.9 cm³/mol. The standard InChI is InChI=1S/C16H13ClN2O4/c17-11-6-5-10(19(22)23)7-12(11)18-15(20)13-8-1-2-9(4-3-8)14(13)16(18)21/h1-2,5-9,13-14H,3-4H2. The second kappa shape index (κ2) is 4.89. The molecule has 1 saturated heterocycles. The van der Waals surface area contributed by atoms with Crippen molar-refractivity contribution in [1.82, 2.24) is 0 Å². The van der Waals surface area contributed by atoms with Crippen molar-refractivity contribution in [3.05, 3.63) is 45.5 Å². The maximum atomic E-state index is 12.8. The normalized spacial score (nSPS) is 31.6. The number of amides is 2. The Bertz CT molecular complexity index is 743. The van der Waals surface area contributed by atoms with Crippen LogP contribution in [0.2, 0.25) is 5.02 Å². The number of allylic oxidation sites excluding steroid dienone is 2. The molecule has 4 unspecified atom stereocenters. The number of halogens is 1. The molecule has 1 saturated carbocycles. The highest BCUT2D eigenvalue weighted by atomic mass is 35.5. The molecule has 0 radical (unpaired) electrons. The van der Waals surface area contributed by atoms with Gasteiger partial charge in [0.05, 0.1) is 27.5 Å². The van der Waals surface area contributed by atoms with E-state index in [1.54, 1.807) is 0 Å². The van der Waals surface area contributed by atoms with Crippen LogP contribution in [0.1, 0.15) is 12.8 Å². The molecule has 4 atom stereocenters. The maximum absolute atomic E-state index is 12.8. The lowest BCUT2D eigenvalue weighted by Gasteiger charge is -2.38. The van der Waals surface area contributed by atoms with Gasteiger partial charge in [-0.25, -0.2) is 4.90 Å². The first-order valence-electron chi connectivity index (χ1n) is 7.49. The van der Waals surface area contributed by atoms with Gasteiger partial charge in [-0.2, -0.15) is 0 Å². The van der Waals surface area contributed by atoms with Gasteiger partial charge < -0.3 is 0 Å². The third-order valence-electron chi connectivity index (χ3n) is 5.14. The molecule has 2 amide bonds. The summed E-state index contributed by atoms with van der Waals surface area (Å²) in [7, 11) is 0. The zero-order valence-electron chi connectivity index (χ0n) is 12.0. The number of imide groups is 1. The van der Waals surface area contributed by atoms with E-state index in [4.69, 9.17) is 11.6 Å². The number of benzene rings is 1. The summed E-state index contributed by atoms with van der Waals surface area (Å²) < 4.78 is 0. The Balaban J connectivity index is 1.79. The molecule has 118 valence electrons. The quantitative estimate of drug-likeness (QED) is 0.361. The number of carbonyl (C=O) groups excluding carboxylic acids is 2. The third-order valence-corrected chi connectivity index (χ3v) is 5.46. The second-order valence-corrected chi connectivity index (χ2v) is 6.65. The summed E-state index contributed by atoms with van der Waals surface area (Å²) in [5.74, 6) is -1.15. The lowest BCUT2D eigenvalue weighted by Crippen LogP contribution is -2.38. The highest BCUT2D eigenvalue weighted by Gasteiger charge is 2.57. The predicted octanol–water partition coefficient (Wildman–Crippen LogP) is 2.95. The molecule has 5 rings (SSSR count). The van der Waals surface area contributed by atoms with Crippen molar-refractivity contribution in [3.8, 4) is 0 Å². The zero-order chi connectivity index (χ0) is 16.3. The summed E-state index contributed by atoms with van der Waals surface area (Å²) >= 11 is 6.11. The number of nitrogens with zero attached hydrogens (tertiary/aromatic N) is 2. The van der Waals surface area contributed by atoms with Crippen LogP contribution >= 0.6 is 11.6 Å². The van der Waals surface area contributed by atoms with Gasteiger partial charge in [0, 0.05) is 12.1 Å². The Morgan fingerprint density at radius 2 is 1.65 bits per heavy atom. The topological polar surface area (TPSA) is 80.5 Å². The van der Waals surface area contributed by atoms with E-state index in [1.807, 2.05) is 12.2 Å². The summed E-state index contributed by atoms with van der Waals surface area (Å²) in [6, 6.07) is 3.81. The molecule has 6 nitrogen and oxygen atoms in total. The molecule has 1 aromatic carbocycles. The fraction of sp³-hybridized carbons (Fsp3) is 0.375. The lowest BCUT2D eigenvalue weighted by atomic mass is 9.63. The van der Waals surface area contributed by atoms with E-state index < -0.39 is 4.92 Å². The maximum Gasteiger partial charge on any atom is 0.271 e. The van der Waals surface area contributed by atoms with Crippen molar-refractivity contribution < 1.29 is 14.5 Å². The minimum Gasteiger partial charge on any atom is -0.274 e. The van der Waals surface area contributed by atoms with Crippen LogP contribution in [0.4, 0.5) is 11.4 Å². The molecule has 0 aromatic heterocycles. The molecule has 0 spiro atoms. The van der Waals surface area contributed by atoms with E-state index in [0.29, 0.717) is 0 Å². The number of carbonyl (C=O) groups is 2. The Labute approximate surface area is 136 Å². The van der Waals surface area contributed by atoms with E-state index in [1.165, 1.54) is 18.2 Å². The molecule has 7 heteroatoms. The second-order valence-electron chi connectivity index (χ2n) is 6.25. The third kappa shape index (κ3) is 1.94. The minimum absolute atomic E-state index is 0.0731. The first-order valence-corrected chi connectivity index (χ1v) is 7.87. The van der Waals surface area contributed by atoms with Crippen LogP contribution in [-0.4, -0.2) is 16.7 Å². The van der Waals surface area contributed by atoms with E-state index in [9.17, 15) is 19.7 Å². The van der Waals surface area contributed by atoms with Crippen LogP contribution in [0.25, 0.3) is 0 Å². The SMILES string of the molecule is O=C1C2C3C=CC(CC3)C2C(=O)N1c1cc([N+](=O)[O-])ccc1Cl. The summed E-state index contributed by atoms with van der Waals surface area (Å²) in [6.45, 7) is 0. The van der Waals surface area contributed by atoms with Gasteiger partial charge >= 0.3 is 0 Å². The molecule has 3 aliphatic carbocycles. The van der Waals surface area contributed by atoms with Gasteiger partial charge in [0.1, 0.15) is 0 Å². The molecular weight excluding hydrogens is 320 g/mol. The Morgan fingerprint density at radius 3 is 2.13 bits per heavy atom. The van der Waals surface area contributed by atoms with E-state index in [2.05, 4.69) is 0 Å². The number of hydrogen-bond acceptors (Lipinski definition) is 4. The summed E-state index contributed by atoms with van der Waals surface area (Å²) in [4.78, 5) is 37.1. The zero-order valence-corrected chi connectivity index (χ0v) is 12.8. The molecule has 4 aliphatic rings. The Kier molecular flexibility index (Phi) is 3.06. The highest BCUT2D eigenvalue weighted by Crippen LogP contribution is 2.51. The van der Waals surface area contributed by atoms with Gasteiger partial charge in [0.15, 0.2) is 0 Å². The number of fused-ring (bicyclic) bond motifs is 1. The largest absolute Gasteiger partial charge is 0.274 e. The fourth-order valence-corrected chi connectivity index (χ4v) is 4.30. The van der Waals surface area contributed by atoms with Gasteiger partial charge in [-0.3, -0.25) is 19.7 Å². The Hall–Kier alpha value is -2.21. The van der Waals surface area contributed by atoms with Gasteiger partial charge in [-0.1, -0.05) is 23.8 Å². The van der Waals surface area contributed by atoms with Crippen molar-refractivity contribution >= 4 is 34.8 Å². The molecule has 0 N–H and O–H groups in total. The molecule has 2 fully saturated rings. The molecule has 1 aliphatic heterocycles. The van der Waals surface area contributed by atoms with Crippen LogP contribution < -0.4 is 4.90 Å². The summed E-state index contributed by atoms with van der Waals surface area (Å²) in [6.07, 6.45) is 5.86. The van der Waals surface area contributed by atoms with Crippen molar-refractivity contribution in [2.45, 2.75) is 12.8 Å². The number of rotatable bonds is 2. The van der Waals surface area contributed by atoms with Crippen molar-refractivity contribution in [1.29, 1.82) is 0 Å². The summed E-state index contributed by atoms with van der Waals surface area (Å²) in [5, 5.41) is 11.1. The number of hydrogen-bond donors (Lipinski definition) is 0. The van der Waals surface area contributed by atoms with Gasteiger partial charge in [0.2, 0.25) is 11.8 Å². The van der Waals surface area contributed by atoms with Crippen LogP contribution in [0, 0.1) is 33.8 Å². The first-order chi connectivity index (χ1) is 11.0. The van der Waals surface area contributed by atoms with E-state index >= 15 is 0 Å². The van der Waals surface area contributed by atoms with Crippen LogP contribution in [0.5, 0.6) is 0 Å². The number of nitro groups is 1. The van der Waals surface area contributed by atoms with Gasteiger partial charge in [-0.15, -0.1) is 0 Å². The minimum atomic E-state index is -0.566. The van der Waals surface area contributed by atoms with Crippen molar-refractivity contribution in [2.24, 2.45) is 23.7 Å². The first kappa shape index (κ1) is 14.4. The molecule has 2 bridgehead atoms. The Morgan fingerprint density at radius 1 is 1.09 bits per heavy atom. The monoisotopic (exact) mass is 332 g/mol. The van der Waals surface area contributed by atoms with Crippen LogP contribution in [0.3, 0.4) is 0 Å². The molecule has 1 heterocycles. The molecule has 23 heavy (non-hydrogen) atoms. The fourth-order valence-electron chi connectivity index (χ4n) is 4.10. The van der Waals surface area contributed by atoms with Crippen molar-refractivity contribution in [2.75, 3.05) is 4.90 Å². The molecule has 1 aromatic rings. The van der Waals surface area contributed by atoms with E-state index in [0.717, 1.165) is 17.7 Å². The highest BCUT2D eigenvalue weighted by molar-refractivity contribution is 6.36. The van der Waals surface area contributed by atoms with Crippen molar-refractivity contribution in [3.63, 3.8) is 0 Å². The van der Waals surface area contributed by atoms with Gasteiger partial charge in [0.25, 0.3) is 5.69 Å².